The molecule has 2 aliphatic rings. The predicted molar refractivity (Wildman–Crippen MR) is 77.4 cm³/mol. The van der Waals surface area contributed by atoms with Crippen LogP contribution < -0.4 is 0 Å². The number of rotatable bonds is 2. The quantitative estimate of drug-likeness (QED) is 0.825. The molecule has 0 aromatic carbocycles. The van der Waals surface area contributed by atoms with Crippen molar-refractivity contribution in [2.45, 2.75) is 31.2 Å². The van der Waals surface area contributed by atoms with E-state index in [0.29, 0.717) is 31.8 Å². The van der Waals surface area contributed by atoms with Crippen LogP contribution in [-0.4, -0.2) is 55.0 Å². The second-order valence-electron chi connectivity index (χ2n) is 5.97. The van der Waals surface area contributed by atoms with E-state index < -0.39 is 15.6 Å². The molecule has 7 heteroatoms. The molecule has 0 aliphatic carbocycles. The van der Waals surface area contributed by atoms with Gasteiger partial charge in [-0.05, 0) is 31.4 Å². The molecule has 0 bridgehead atoms. The molecule has 1 amide bonds. The van der Waals surface area contributed by atoms with Crippen molar-refractivity contribution in [1.82, 2.24) is 9.21 Å². The van der Waals surface area contributed by atoms with Crippen molar-refractivity contribution in [3.63, 3.8) is 0 Å². The van der Waals surface area contributed by atoms with Gasteiger partial charge >= 0.3 is 0 Å². The van der Waals surface area contributed by atoms with Gasteiger partial charge in [0.05, 0.1) is 18.1 Å². The summed E-state index contributed by atoms with van der Waals surface area (Å²) in [6, 6.07) is 3.32. The highest BCUT2D eigenvalue weighted by Gasteiger charge is 2.49. The van der Waals surface area contributed by atoms with Crippen molar-refractivity contribution in [2.24, 2.45) is 0 Å². The van der Waals surface area contributed by atoms with Gasteiger partial charge in [0.15, 0.2) is 5.76 Å². The molecule has 21 heavy (non-hydrogen) atoms. The van der Waals surface area contributed by atoms with Crippen LogP contribution in [0.25, 0.3) is 0 Å². The molecular formula is C14H20N2O4S. The van der Waals surface area contributed by atoms with Gasteiger partial charge < -0.3 is 9.32 Å². The molecule has 116 valence electrons. The second-order valence-corrected chi connectivity index (χ2v) is 7.88. The Hall–Kier alpha value is -1.34. The van der Waals surface area contributed by atoms with Gasteiger partial charge in [0.25, 0.3) is 5.91 Å². The molecular weight excluding hydrogens is 292 g/mol. The number of amides is 1. The van der Waals surface area contributed by atoms with Crippen molar-refractivity contribution in [3.05, 3.63) is 24.2 Å². The smallest absolute Gasteiger partial charge is 0.289 e. The molecule has 6 nitrogen and oxygen atoms in total. The number of likely N-dealkylation sites (tertiary alicyclic amines) is 1. The van der Waals surface area contributed by atoms with Crippen LogP contribution in [0.4, 0.5) is 0 Å². The first-order valence-electron chi connectivity index (χ1n) is 7.23. The van der Waals surface area contributed by atoms with Crippen molar-refractivity contribution < 1.29 is 17.6 Å². The number of sulfonamides is 1. The molecule has 2 fully saturated rings. The van der Waals surface area contributed by atoms with Gasteiger partial charge in [-0.15, -0.1) is 0 Å². The van der Waals surface area contributed by atoms with Gasteiger partial charge in [-0.3, -0.25) is 4.79 Å². The molecule has 0 N–H and O–H groups in total. The van der Waals surface area contributed by atoms with Crippen molar-refractivity contribution in [2.75, 3.05) is 25.9 Å². The van der Waals surface area contributed by atoms with E-state index in [1.54, 1.807) is 21.3 Å². The molecule has 1 unspecified atom stereocenters. The number of carbonyl (C=O) groups excluding carboxylic acids is 1. The Morgan fingerprint density at radius 3 is 2.76 bits per heavy atom. The first-order chi connectivity index (χ1) is 9.92. The maximum atomic E-state index is 12.4. The summed E-state index contributed by atoms with van der Waals surface area (Å²) in [5.41, 5.74) is -0.423. The Kier molecular flexibility index (Phi) is 3.57. The second kappa shape index (κ2) is 5.14. The molecule has 1 aromatic heterocycles. The monoisotopic (exact) mass is 312 g/mol. The molecule has 2 saturated heterocycles. The summed E-state index contributed by atoms with van der Waals surface area (Å²) in [6.07, 6.45) is 6.16. The molecule has 2 aliphatic heterocycles. The van der Waals surface area contributed by atoms with E-state index in [-0.39, 0.29) is 5.91 Å². The minimum atomic E-state index is -3.25. The number of hydrogen-bond donors (Lipinski definition) is 0. The normalized spacial score (nSPS) is 27.4. The zero-order valence-corrected chi connectivity index (χ0v) is 12.9. The van der Waals surface area contributed by atoms with Crippen LogP contribution in [0.2, 0.25) is 0 Å². The van der Waals surface area contributed by atoms with Crippen LogP contribution in [0, 0.1) is 0 Å². The standard InChI is InChI=1S/C14H20N2O4S/c1-21(18,19)16-8-3-2-6-14(16)7-9-15(11-14)13(17)12-5-4-10-20-12/h4-5,10H,2-3,6-9,11H2,1H3. The van der Waals surface area contributed by atoms with E-state index in [9.17, 15) is 13.2 Å². The Balaban J connectivity index is 1.82. The Labute approximate surface area is 124 Å². The number of carbonyl (C=O) groups is 1. The van der Waals surface area contributed by atoms with Crippen LogP contribution in [0.15, 0.2) is 22.8 Å². The van der Waals surface area contributed by atoms with Crippen molar-refractivity contribution >= 4 is 15.9 Å². The highest BCUT2D eigenvalue weighted by molar-refractivity contribution is 7.88. The minimum absolute atomic E-state index is 0.157. The van der Waals surface area contributed by atoms with Gasteiger partial charge in [-0.2, -0.15) is 4.31 Å². The third kappa shape index (κ3) is 2.60. The van der Waals surface area contributed by atoms with E-state index in [1.807, 2.05) is 0 Å². The molecule has 1 aromatic rings. The summed E-state index contributed by atoms with van der Waals surface area (Å²) in [7, 11) is -3.25. The van der Waals surface area contributed by atoms with Crippen LogP contribution in [0.3, 0.4) is 0 Å². The third-order valence-corrected chi connectivity index (χ3v) is 5.90. The summed E-state index contributed by atoms with van der Waals surface area (Å²) < 4.78 is 30.9. The Morgan fingerprint density at radius 1 is 1.29 bits per heavy atom. The summed E-state index contributed by atoms with van der Waals surface area (Å²) in [5, 5.41) is 0. The van der Waals surface area contributed by atoms with E-state index >= 15 is 0 Å². The van der Waals surface area contributed by atoms with Crippen LogP contribution in [0.1, 0.15) is 36.2 Å². The summed E-state index contributed by atoms with van der Waals surface area (Å²) >= 11 is 0. The number of hydrogen-bond acceptors (Lipinski definition) is 4. The fourth-order valence-corrected chi connectivity index (χ4v) is 4.99. The lowest BCUT2D eigenvalue weighted by Crippen LogP contribution is -2.55. The first kappa shape index (κ1) is 14.6. The summed E-state index contributed by atoms with van der Waals surface area (Å²) in [4.78, 5) is 14.1. The van der Waals surface area contributed by atoms with E-state index in [0.717, 1.165) is 19.3 Å². The van der Waals surface area contributed by atoms with E-state index in [4.69, 9.17) is 4.42 Å². The van der Waals surface area contributed by atoms with Gasteiger partial charge in [-0.1, -0.05) is 6.42 Å². The maximum Gasteiger partial charge on any atom is 0.289 e. The van der Waals surface area contributed by atoms with Crippen LogP contribution in [0.5, 0.6) is 0 Å². The zero-order valence-electron chi connectivity index (χ0n) is 12.1. The van der Waals surface area contributed by atoms with Crippen molar-refractivity contribution in [1.29, 1.82) is 0 Å². The van der Waals surface area contributed by atoms with Crippen LogP contribution >= 0.6 is 0 Å². The van der Waals surface area contributed by atoms with E-state index in [1.165, 1.54) is 12.5 Å². The molecule has 0 saturated carbocycles. The molecule has 3 rings (SSSR count). The Morgan fingerprint density at radius 2 is 2.10 bits per heavy atom. The largest absolute Gasteiger partial charge is 0.459 e. The van der Waals surface area contributed by atoms with Gasteiger partial charge in [0, 0.05) is 19.6 Å². The summed E-state index contributed by atoms with van der Waals surface area (Å²) in [5.74, 6) is 0.157. The number of nitrogens with zero attached hydrogens (tertiary/aromatic N) is 2. The first-order valence-corrected chi connectivity index (χ1v) is 9.08. The predicted octanol–water partition coefficient (Wildman–Crippen LogP) is 1.31. The average molecular weight is 312 g/mol. The molecule has 0 radical (unpaired) electrons. The Bertz CT molecular complexity index is 625. The highest BCUT2D eigenvalue weighted by atomic mass is 32.2. The van der Waals surface area contributed by atoms with Gasteiger partial charge in [0.1, 0.15) is 0 Å². The van der Waals surface area contributed by atoms with Crippen molar-refractivity contribution in [3.8, 4) is 0 Å². The maximum absolute atomic E-state index is 12.4. The fraction of sp³-hybridized carbons (Fsp3) is 0.643. The topological polar surface area (TPSA) is 70.8 Å². The van der Waals surface area contributed by atoms with Crippen LogP contribution in [-0.2, 0) is 10.0 Å². The molecule has 1 spiro atoms. The van der Waals surface area contributed by atoms with E-state index in [2.05, 4.69) is 0 Å². The minimum Gasteiger partial charge on any atom is -0.459 e. The van der Waals surface area contributed by atoms with Gasteiger partial charge in [-0.25, -0.2) is 8.42 Å². The molecule has 3 heterocycles. The molecule has 1 atom stereocenters. The van der Waals surface area contributed by atoms with Gasteiger partial charge in [0.2, 0.25) is 10.0 Å². The zero-order chi connectivity index (χ0) is 15.1. The fourth-order valence-electron chi connectivity index (χ4n) is 3.58. The lowest BCUT2D eigenvalue weighted by atomic mass is 9.88. The summed E-state index contributed by atoms with van der Waals surface area (Å²) in [6.45, 7) is 1.59. The third-order valence-electron chi connectivity index (χ3n) is 4.53. The average Bonchev–Trinajstić information content (AvgIpc) is 3.07. The number of furan rings is 1. The SMILES string of the molecule is CS(=O)(=O)N1CCCCC12CCN(C(=O)c1ccco1)C2. The highest BCUT2D eigenvalue weighted by Crippen LogP contribution is 2.38. The lowest BCUT2D eigenvalue weighted by Gasteiger charge is -2.42. The lowest BCUT2D eigenvalue weighted by molar-refractivity contribution is 0.0711. The number of piperidine rings is 1.